The highest BCUT2D eigenvalue weighted by atomic mass is 79.9. The van der Waals surface area contributed by atoms with E-state index in [1.165, 1.54) is 22.3 Å². The quantitative estimate of drug-likeness (QED) is 0.301. The van der Waals surface area contributed by atoms with Gasteiger partial charge in [-0.15, -0.1) is 0 Å². The van der Waals surface area contributed by atoms with Crippen molar-refractivity contribution in [3.05, 3.63) is 108 Å². The van der Waals surface area contributed by atoms with E-state index in [-0.39, 0.29) is 0 Å². The van der Waals surface area contributed by atoms with Crippen molar-refractivity contribution in [1.82, 2.24) is 9.38 Å². The van der Waals surface area contributed by atoms with Crippen molar-refractivity contribution in [2.75, 3.05) is 0 Å². The third-order valence-corrected chi connectivity index (χ3v) is 5.44. The summed E-state index contributed by atoms with van der Waals surface area (Å²) in [5, 5.41) is 0. The molecule has 0 aliphatic rings. The van der Waals surface area contributed by atoms with Crippen LogP contribution in [0.3, 0.4) is 0 Å². The van der Waals surface area contributed by atoms with Crippen molar-refractivity contribution in [3.8, 4) is 33.5 Å². The normalized spacial score (nSPS) is 11.0. The predicted molar refractivity (Wildman–Crippen MR) is 119 cm³/mol. The molecule has 0 bridgehead atoms. The molecule has 0 aliphatic carbocycles. The Hall–Kier alpha value is -3.17. The maximum atomic E-state index is 4.78. The first-order valence-electron chi connectivity index (χ1n) is 9.17. The number of hydrogen-bond acceptors (Lipinski definition) is 1. The first-order valence-corrected chi connectivity index (χ1v) is 9.97. The summed E-state index contributed by atoms with van der Waals surface area (Å²) in [6, 6.07) is 31.5. The van der Waals surface area contributed by atoms with Crippen LogP contribution in [0.4, 0.5) is 0 Å². The monoisotopic (exact) mass is 424 g/mol. The molecule has 134 valence electrons. The molecule has 2 nitrogen and oxygen atoms in total. The summed E-state index contributed by atoms with van der Waals surface area (Å²) >= 11 is 3.49. The lowest BCUT2D eigenvalue weighted by molar-refractivity contribution is 1.19. The minimum absolute atomic E-state index is 0.943. The van der Waals surface area contributed by atoms with E-state index in [0.29, 0.717) is 0 Å². The maximum absolute atomic E-state index is 4.78. The molecule has 0 N–H and O–H groups in total. The number of halogens is 1. The lowest BCUT2D eigenvalue weighted by Crippen LogP contribution is -1.88. The summed E-state index contributed by atoms with van der Waals surface area (Å²) < 4.78 is 3.17. The lowest BCUT2D eigenvalue weighted by Gasteiger charge is -2.10. The molecule has 0 fully saturated rings. The summed E-state index contributed by atoms with van der Waals surface area (Å²) in [7, 11) is 0. The molecule has 0 atom stereocenters. The van der Waals surface area contributed by atoms with Crippen LogP contribution in [0, 0.1) is 0 Å². The van der Waals surface area contributed by atoms with Gasteiger partial charge in [0.1, 0.15) is 5.65 Å². The second kappa shape index (κ2) is 7.10. The topological polar surface area (TPSA) is 17.3 Å². The van der Waals surface area contributed by atoms with Crippen molar-refractivity contribution in [3.63, 3.8) is 0 Å². The van der Waals surface area contributed by atoms with E-state index < -0.39 is 0 Å². The summed E-state index contributed by atoms with van der Waals surface area (Å²) in [5.74, 6) is 0. The van der Waals surface area contributed by atoms with Gasteiger partial charge >= 0.3 is 0 Å². The van der Waals surface area contributed by atoms with E-state index in [2.05, 4.69) is 106 Å². The van der Waals surface area contributed by atoms with E-state index >= 15 is 0 Å². The number of rotatable bonds is 3. The summed E-state index contributed by atoms with van der Waals surface area (Å²) in [5.41, 5.74) is 7.87. The minimum atomic E-state index is 0.943. The molecule has 0 saturated heterocycles. The molecule has 0 aliphatic heterocycles. The number of pyridine rings is 1. The molecule has 5 rings (SSSR count). The largest absolute Gasteiger partial charge is 0.306 e. The van der Waals surface area contributed by atoms with Crippen LogP contribution >= 0.6 is 15.9 Å². The van der Waals surface area contributed by atoms with E-state index in [0.717, 1.165) is 21.4 Å². The number of hydrogen-bond donors (Lipinski definition) is 0. The third-order valence-electron chi connectivity index (χ3n) is 4.91. The van der Waals surface area contributed by atoms with Crippen molar-refractivity contribution >= 4 is 21.6 Å². The molecule has 0 radical (unpaired) electrons. The Morgan fingerprint density at radius 2 is 1.21 bits per heavy atom. The fourth-order valence-electron chi connectivity index (χ4n) is 3.52. The Balaban J connectivity index is 1.61. The highest BCUT2D eigenvalue weighted by Gasteiger charge is 2.09. The average Bonchev–Trinajstić information content (AvgIpc) is 3.18. The van der Waals surface area contributed by atoms with Gasteiger partial charge in [-0.3, -0.25) is 0 Å². The zero-order valence-corrected chi connectivity index (χ0v) is 16.7. The third kappa shape index (κ3) is 3.14. The molecule has 2 aromatic heterocycles. The van der Waals surface area contributed by atoms with Crippen LogP contribution < -0.4 is 0 Å². The van der Waals surface area contributed by atoms with E-state index in [1.807, 2.05) is 18.2 Å². The van der Waals surface area contributed by atoms with Crippen molar-refractivity contribution in [2.45, 2.75) is 0 Å². The van der Waals surface area contributed by atoms with Crippen molar-refractivity contribution in [2.24, 2.45) is 0 Å². The summed E-state index contributed by atoms with van der Waals surface area (Å²) in [6.07, 6.45) is 4.25. The number of fused-ring (bicyclic) bond motifs is 1. The number of imidazole rings is 1. The SMILES string of the molecule is Brc1ccc(-c2cn3cc(-c4ccccc4-c4ccccc4)ccc3n2)cc1. The molecule has 2 heterocycles. The maximum Gasteiger partial charge on any atom is 0.137 e. The number of aromatic nitrogens is 2. The molecule has 0 spiro atoms. The van der Waals surface area contributed by atoms with Crippen molar-refractivity contribution < 1.29 is 0 Å². The van der Waals surface area contributed by atoms with Gasteiger partial charge in [-0.25, -0.2) is 4.98 Å². The van der Waals surface area contributed by atoms with Crippen molar-refractivity contribution in [1.29, 1.82) is 0 Å². The summed E-state index contributed by atoms with van der Waals surface area (Å²) in [4.78, 5) is 4.78. The second-order valence-electron chi connectivity index (χ2n) is 6.73. The average molecular weight is 425 g/mol. The van der Waals surface area contributed by atoms with E-state index in [1.54, 1.807) is 0 Å². The van der Waals surface area contributed by atoms with Crippen LogP contribution in [0.1, 0.15) is 0 Å². The minimum Gasteiger partial charge on any atom is -0.306 e. The molecule has 0 amide bonds. The van der Waals surface area contributed by atoms with Crippen LogP contribution in [0.15, 0.2) is 108 Å². The van der Waals surface area contributed by atoms with Gasteiger partial charge in [-0.05, 0) is 46.5 Å². The Morgan fingerprint density at radius 1 is 0.571 bits per heavy atom. The fraction of sp³-hybridized carbons (Fsp3) is 0. The van der Waals surface area contributed by atoms with Crippen LogP contribution in [-0.4, -0.2) is 9.38 Å². The Morgan fingerprint density at radius 3 is 1.96 bits per heavy atom. The number of nitrogens with zero attached hydrogens (tertiary/aromatic N) is 2. The molecule has 5 aromatic rings. The lowest BCUT2D eigenvalue weighted by atomic mass is 9.95. The Bertz CT molecular complexity index is 1250. The first-order chi connectivity index (χ1) is 13.8. The highest BCUT2D eigenvalue weighted by Crippen LogP contribution is 2.32. The van der Waals surface area contributed by atoms with Gasteiger partial charge in [0.15, 0.2) is 0 Å². The van der Waals surface area contributed by atoms with Gasteiger partial charge in [0.05, 0.1) is 5.69 Å². The standard InChI is InChI=1S/C25H17BrN2/c26-21-13-10-19(11-14-21)24-17-28-16-20(12-15-25(28)27-24)23-9-5-4-8-22(23)18-6-2-1-3-7-18/h1-17H. The van der Waals surface area contributed by atoms with Crippen LogP contribution in [0.25, 0.3) is 39.2 Å². The Kier molecular flexibility index (Phi) is 4.30. The number of benzene rings is 3. The predicted octanol–water partition coefficient (Wildman–Crippen LogP) is 7.10. The highest BCUT2D eigenvalue weighted by molar-refractivity contribution is 9.10. The molecule has 28 heavy (non-hydrogen) atoms. The molecule has 3 heteroatoms. The van der Waals surface area contributed by atoms with E-state index in [9.17, 15) is 0 Å². The molecular formula is C25H17BrN2. The molecular weight excluding hydrogens is 408 g/mol. The van der Waals surface area contributed by atoms with E-state index in [4.69, 9.17) is 4.98 Å². The van der Waals surface area contributed by atoms with Gasteiger partial charge in [-0.1, -0.05) is 82.7 Å². The summed E-state index contributed by atoms with van der Waals surface area (Å²) in [6.45, 7) is 0. The van der Waals surface area contributed by atoms with Crippen LogP contribution in [0.2, 0.25) is 0 Å². The zero-order chi connectivity index (χ0) is 18.9. The fourth-order valence-corrected chi connectivity index (χ4v) is 3.78. The molecule has 0 saturated carbocycles. The van der Waals surface area contributed by atoms with Gasteiger partial charge < -0.3 is 4.40 Å². The smallest absolute Gasteiger partial charge is 0.137 e. The van der Waals surface area contributed by atoms with Gasteiger partial charge in [-0.2, -0.15) is 0 Å². The Labute approximate surface area is 172 Å². The molecule has 3 aromatic carbocycles. The van der Waals surface area contributed by atoms with Crippen LogP contribution in [-0.2, 0) is 0 Å². The van der Waals surface area contributed by atoms with Gasteiger partial charge in [0.25, 0.3) is 0 Å². The van der Waals surface area contributed by atoms with Gasteiger partial charge in [0.2, 0.25) is 0 Å². The zero-order valence-electron chi connectivity index (χ0n) is 15.1. The first kappa shape index (κ1) is 17.0. The molecule has 0 unspecified atom stereocenters. The second-order valence-corrected chi connectivity index (χ2v) is 7.64. The van der Waals surface area contributed by atoms with Gasteiger partial charge in [0, 0.05) is 22.4 Å². The van der Waals surface area contributed by atoms with Crippen LogP contribution in [0.5, 0.6) is 0 Å².